The lowest BCUT2D eigenvalue weighted by molar-refractivity contribution is -0.139. The number of nitrogens with one attached hydrogen (secondary N) is 1. The van der Waals surface area contributed by atoms with Crippen molar-refractivity contribution in [2.24, 2.45) is 0 Å². The minimum absolute atomic E-state index is 0.136. The highest BCUT2D eigenvalue weighted by molar-refractivity contribution is 5.97. The van der Waals surface area contributed by atoms with Crippen LogP contribution in [0.5, 0.6) is 5.88 Å². The van der Waals surface area contributed by atoms with E-state index in [4.69, 9.17) is 9.47 Å². The average molecular weight is 308 g/mol. The lowest BCUT2D eigenvalue weighted by Gasteiger charge is -2.28. The summed E-state index contributed by atoms with van der Waals surface area (Å²) in [5, 5.41) is 2.92. The summed E-state index contributed by atoms with van der Waals surface area (Å²) in [6, 6.07) is 3.60. The van der Waals surface area contributed by atoms with Gasteiger partial charge in [0.2, 0.25) is 5.88 Å². The number of aryl methyl sites for hydroxylation is 1. The fraction of sp³-hybridized carbons (Fsp3) is 0.647. The monoisotopic (exact) mass is 308 g/mol. The van der Waals surface area contributed by atoms with Crippen LogP contribution in [0.25, 0.3) is 0 Å². The van der Waals surface area contributed by atoms with E-state index in [0.717, 1.165) is 18.5 Å². The number of nitrogens with zero attached hydrogens (tertiary/aromatic N) is 1. The van der Waals surface area contributed by atoms with Crippen molar-refractivity contribution < 1.29 is 14.3 Å². The Morgan fingerprint density at radius 1 is 1.27 bits per heavy atom. The first-order chi connectivity index (χ1) is 10.5. The third-order valence-corrected chi connectivity index (χ3v) is 3.43. The number of ether oxygens (including phenoxy) is 2. The van der Waals surface area contributed by atoms with E-state index in [-0.39, 0.29) is 5.91 Å². The Morgan fingerprint density at radius 2 is 2.00 bits per heavy atom. The first-order valence-electron chi connectivity index (χ1n) is 8.02. The van der Waals surface area contributed by atoms with Gasteiger partial charge in [-0.1, -0.05) is 20.3 Å². The molecule has 0 fully saturated rings. The largest absolute Gasteiger partial charge is 0.478 e. The SMILES string of the molecule is CCCOc1ccc(NC(=O)[C@@](C)(CCC)OCC)c(C)n1. The van der Waals surface area contributed by atoms with Gasteiger partial charge in [0.15, 0.2) is 0 Å². The molecule has 0 bridgehead atoms. The Labute approximate surface area is 133 Å². The Kier molecular flexibility index (Phi) is 7.32. The Balaban J connectivity index is 2.82. The molecule has 0 saturated heterocycles. The van der Waals surface area contributed by atoms with Crippen LogP contribution < -0.4 is 10.1 Å². The normalized spacial score (nSPS) is 13.5. The van der Waals surface area contributed by atoms with E-state index in [1.807, 2.05) is 40.7 Å². The number of rotatable bonds is 9. The van der Waals surface area contributed by atoms with Gasteiger partial charge >= 0.3 is 0 Å². The maximum Gasteiger partial charge on any atom is 0.256 e. The summed E-state index contributed by atoms with van der Waals surface area (Å²) in [5.74, 6) is 0.446. The first kappa shape index (κ1) is 18.4. The summed E-state index contributed by atoms with van der Waals surface area (Å²) in [6.07, 6.45) is 2.49. The number of hydrogen-bond acceptors (Lipinski definition) is 4. The van der Waals surface area contributed by atoms with Gasteiger partial charge in [0, 0.05) is 12.7 Å². The maximum absolute atomic E-state index is 12.5. The van der Waals surface area contributed by atoms with Gasteiger partial charge < -0.3 is 14.8 Å². The molecule has 0 aliphatic rings. The third-order valence-electron chi connectivity index (χ3n) is 3.43. The van der Waals surface area contributed by atoms with Crippen molar-refractivity contribution in [2.75, 3.05) is 18.5 Å². The molecule has 1 aromatic heterocycles. The average Bonchev–Trinajstić information content (AvgIpc) is 2.48. The Bertz CT molecular complexity index is 483. The predicted octanol–water partition coefficient (Wildman–Crippen LogP) is 3.71. The molecule has 0 aliphatic heterocycles. The molecule has 0 saturated carbocycles. The highest BCUT2D eigenvalue weighted by Crippen LogP contribution is 2.23. The summed E-state index contributed by atoms with van der Waals surface area (Å²) < 4.78 is 11.2. The van der Waals surface area contributed by atoms with Gasteiger partial charge in [0.05, 0.1) is 18.0 Å². The Morgan fingerprint density at radius 3 is 2.55 bits per heavy atom. The van der Waals surface area contributed by atoms with Crippen LogP contribution in [0.2, 0.25) is 0 Å². The third kappa shape index (κ3) is 4.98. The highest BCUT2D eigenvalue weighted by Gasteiger charge is 2.33. The molecule has 0 radical (unpaired) electrons. The molecule has 5 heteroatoms. The van der Waals surface area contributed by atoms with Crippen molar-refractivity contribution in [1.82, 2.24) is 4.98 Å². The number of carbonyl (C=O) groups is 1. The van der Waals surface area contributed by atoms with Crippen LogP contribution in [0.1, 0.15) is 52.7 Å². The Hall–Kier alpha value is -1.62. The molecule has 1 heterocycles. The number of amides is 1. The molecule has 1 aromatic rings. The zero-order valence-corrected chi connectivity index (χ0v) is 14.4. The molecule has 22 heavy (non-hydrogen) atoms. The van der Waals surface area contributed by atoms with Crippen molar-refractivity contribution in [3.8, 4) is 5.88 Å². The zero-order chi connectivity index (χ0) is 16.6. The van der Waals surface area contributed by atoms with Crippen LogP contribution in [0, 0.1) is 6.92 Å². The molecule has 1 atom stereocenters. The van der Waals surface area contributed by atoms with Gasteiger partial charge in [-0.3, -0.25) is 4.79 Å². The molecule has 0 unspecified atom stereocenters. The zero-order valence-electron chi connectivity index (χ0n) is 14.4. The molecule has 1 rings (SSSR count). The molecule has 1 amide bonds. The highest BCUT2D eigenvalue weighted by atomic mass is 16.5. The van der Waals surface area contributed by atoms with Crippen LogP contribution in [-0.4, -0.2) is 29.7 Å². The second-order valence-electron chi connectivity index (χ2n) is 5.50. The number of carbonyl (C=O) groups excluding carboxylic acids is 1. The van der Waals surface area contributed by atoms with Crippen LogP contribution in [0.15, 0.2) is 12.1 Å². The minimum atomic E-state index is -0.812. The van der Waals surface area contributed by atoms with Gasteiger partial charge in [-0.25, -0.2) is 4.98 Å². The first-order valence-corrected chi connectivity index (χ1v) is 8.02. The second-order valence-corrected chi connectivity index (χ2v) is 5.50. The molecule has 1 N–H and O–H groups in total. The predicted molar refractivity (Wildman–Crippen MR) is 88.3 cm³/mol. The van der Waals surface area contributed by atoms with Crippen LogP contribution in [0.3, 0.4) is 0 Å². The molecular formula is C17H28N2O3. The van der Waals surface area contributed by atoms with Crippen LogP contribution in [0.4, 0.5) is 5.69 Å². The molecular weight excluding hydrogens is 280 g/mol. The summed E-state index contributed by atoms with van der Waals surface area (Å²) in [4.78, 5) is 16.9. The van der Waals surface area contributed by atoms with Gasteiger partial charge in [-0.05, 0) is 39.7 Å². The van der Waals surface area contributed by atoms with Crippen molar-refractivity contribution in [1.29, 1.82) is 0 Å². The minimum Gasteiger partial charge on any atom is -0.478 e. The van der Waals surface area contributed by atoms with E-state index in [9.17, 15) is 4.79 Å². The van der Waals surface area contributed by atoms with Gasteiger partial charge in [0.25, 0.3) is 5.91 Å². The lowest BCUT2D eigenvalue weighted by Crippen LogP contribution is -2.42. The maximum atomic E-state index is 12.5. The molecule has 0 aromatic carbocycles. The lowest BCUT2D eigenvalue weighted by atomic mass is 9.99. The van der Waals surface area contributed by atoms with Crippen molar-refractivity contribution in [3.63, 3.8) is 0 Å². The second kappa shape index (κ2) is 8.73. The van der Waals surface area contributed by atoms with E-state index < -0.39 is 5.60 Å². The molecule has 5 nitrogen and oxygen atoms in total. The van der Waals surface area contributed by atoms with Crippen molar-refractivity contribution in [3.05, 3.63) is 17.8 Å². The van der Waals surface area contributed by atoms with Crippen molar-refractivity contribution >= 4 is 11.6 Å². The van der Waals surface area contributed by atoms with E-state index >= 15 is 0 Å². The summed E-state index contributed by atoms with van der Waals surface area (Å²) in [5.41, 5.74) is 0.612. The number of aromatic nitrogens is 1. The topological polar surface area (TPSA) is 60.5 Å². The van der Waals surface area contributed by atoms with Gasteiger partial charge in [-0.2, -0.15) is 0 Å². The van der Waals surface area contributed by atoms with Gasteiger partial charge in [0.1, 0.15) is 5.60 Å². The fourth-order valence-electron chi connectivity index (χ4n) is 2.26. The summed E-state index contributed by atoms with van der Waals surface area (Å²) in [7, 11) is 0. The smallest absolute Gasteiger partial charge is 0.256 e. The van der Waals surface area contributed by atoms with E-state index in [0.29, 0.717) is 31.2 Å². The van der Waals surface area contributed by atoms with E-state index in [2.05, 4.69) is 10.3 Å². The summed E-state index contributed by atoms with van der Waals surface area (Å²) in [6.45, 7) is 10.8. The molecule has 124 valence electrons. The van der Waals surface area contributed by atoms with E-state index in [1.165, 1.54) is 0 Å². The number of pyridine rings is 1. The van der Waals surface area contributed by atoms with E-state index in [1.54, 1.807) is 6.07 Å². The van der Waals surface area contributed by atoms with Crippen molar-refractivity contribution in [2.45, 2.75) is 59.5 Å². The fourth-order valence-corrected chi connectivity index (χ4v) is 2.26. The van der Waals surface area contributed by atoms with Crippen LogP contribution >= 0.6 is 0 Å². The standard InChI is InChI=1S/C17H28N2O3/c1-6-11-17(5,22-8-3)16(20)19-14-9-10-15(18-13(14)4)21-12-7-2/h9-10H,6-8,11-12H2,1-5H3,(H,19,20)/t17-/m1/s1. The summed E-state index contributed by atoms with van der Waals surface area (Å²) >= 11 is 0. The van der Waals surface area contributed by atoms with Crippen LogP contribution in [-0.2, 0) is 9.53 Å². The molecule has 0 aliphatic carbocycles. The molecule has 0 spiro atoms. The quantitative estimate of drug-likeness (QED) is 0.755. The van der Waals surface area contributed by atoms with Gasteiger partial charge in [-0.15, -0.1) is 0 Å². The number of hydrogen-bond donors (Lipinski definition) is 1. The number of anilines is 1.